The van der Waals surface area contributed by atoms with E-state index in [2.05, 4.69) is 19.2 Å². The third-order valence-corrected chi connectivity index (χ3v) is 9.15. The van der Waals surface area contributed by atoms with E-state index in [9.17, 15) is 13.2 Å². The highest BCUT2D eigenvalue weighted by Gasteiger charge is 2.39. The highest BCUT2D eigenvalue weighted by Crippen LogP contribution is 2.42. The number of ether oxygens (including phenoxy) is 1. The van der Waals surface area contributed by atoms with Crippen LogP contribution in [0.4, 0.5) is 0 Å². The summed E-state index contributed by atoms with van der Waals surface area (Å²) >= 11 is 6.36. The van der Waals surface area contributed by atoms with Crippen LogP contribution >= 0.6 is 11.6 Å². The monoisotopic (exact) mass is 490 g/mol. The summed E-state index contributed by atoms with van der Waals surface area (Å²) in [6, 6.07) is 11.8. The molecule has 0 radical (unpaired) electrons. The number of halogens is 1. The molecule has 1 atom stereocenters. The minimum Gasteiger partial charge on any atom is -0.487 e. The van der Waals surface area contributed by atoms with Gasteiger partial charge in [0.1, 0.15) is 11.4 Å². The van der Waals surface area contributed by atoms with E-state index in [0.717, 1.165) is 43.4 Å². The number of piperidine rings is 1. The fraction of sp³-hybridized carbons (Fsp3) is 0.480. The molecule has 178 valence electrons. The van der Waals surface area contributed by atoms with Crippen LogP contribution in [0.3, 0.4) is 0 Å². The van der Waals surface area contributed by atoms with Crippen LogP contribution in [0.2, 0.25) is 5.02 Å². The van der Waals surface area contributed by atoms with E-state index in [1.54, 1.807) is 0 Å². The lowest BCUT2D eigenvalue weighted by Crippen LogP contribution is -2.44. The summed E-state index contributed by atoms with van der Waals surface area (Å²) in [4.78, 5) is 13.4. The molecule has 2 heterocycles. The average Bonchev–Trinajstić information content (AvgIpc) is 2.84. The third-order valence-electron chi connectivity index (χ3n) is 6.93. The van der Waals surface area contributed by atoms with Crippen molar-refractivity contribution in [3.05, 3.63) is 58.6 Å². The van der Waals surface area contributed by atoms with Crippen LogP contribution in [0, 0.1) is 0 Å². The maximum absolute atomic E-state index is 13.3. The van der Waals surface area contributed by atoms with Gasteiger partial charge in [-0.05, 0) is 49.9 Å². The summed E-state index contributed by atoms with van der Waals surface area (Å²) in [5.41, 5.74) is 0.712. The Balaban J connectivity index is 1.63. The van der Waals surface area contributed by atoms with Crippen molar-refractivity contribution in [3.8, 4) is 5.75 Å². The molecule has 2 aromatic rings. The molecule has 0 bridgehead atoms. The highest BCUT2D eigenvalue weighted by atomic mass is 35.5. The number of carbonyl (C=O) groups excluding carboxylic acids is 1. The predicted molar refractivity (Wildman–Crippen MR) is 129 cm³/mol. The molecule has 2 aromatic carbocycles. The van der Waals surface area contributed by atoms with E-state index in [1.807, 2.05) is 24.3 Å². The minimum absolute atomic E-state index is 0.0998. The lowest BCUT2D eigenvalue weighted by molar-refractivity contribution is 0.0227. The number of amides is 1. The van der Waals surface area contributed by atoms with Gasteiger partial charge in [0.25, 0.3) is 5.91 Å². The van der Waals surface area contributed by atoms with Crippen molar-refractivity contribution in [2.75, 3.05) is 13.1 Å². The smallest absolute Gasteiger partial charge is 0.253 e. The van der Waals surface area contributed by atoms with Crippen molar-refractivity contribution in [2.24, 2.45) is 0 Å². The number of rotatable bonds is 6. The molecule has 8 heteroatoms. The quantitative estimate of drug-likeness (QED) is 0.594. The van der Waals surface area contributed by atoms with Gasteiger partial charge in [-0.1, -0.05) is 50.1 Å². The maximum Gasteiger partial charge on any atom is 0.253 e. The molecule has 6 nitrogen and oxygen atoms in total. The zero-order valence-electron chi connectivity index (χ0n) is 19.1. The Morgan fingerprint density at radius 1 is 1.12 bits per heavy atom. The number of sulfonamides is 1. The Morgan fingerprint density at radius 3 is 2.52 bits per heavy atom. The highest BCUT2D eigenvalue weighted by molar-refractivity contribution is 7.89. The lowest BCUT2D eigenvalue weighted by atomic mass is 9.83. The molecule has 1 amide bonds. The molecule has 1 saturated heterocycles. The first-order valence-electron chi connectivity index (χ1n) is 11.7. The van der Waals surface area contributed by atoms with Gasteiger partial charge in [0.15, 0.2) is 0 Å². The fourth-order valence-electron chi connectivity index (χ4n) is 4.76. The molecule has 0 saturated carbocycles. The van der Waals surface area contributed by atoms with Gasteiger partial charge in [-0.15, -0.1) is 0 Å². The first-order chi connectivity index (χ1) is 15.8. The number of fused-ring (bicyclic) bond motifs is 1. The van der Waals surface area contributed by atoms with E-state index in [1.165, 1.54) is 22.5 Å². The summed E-state index contributed by atoms with van der Waals surface area (Å²) in [6.45, 7) is 5.17. The van der Waals surface area contributed by atoms with Crippen LogP contribution < -0.4 is 10.1 Å². The van der Waals surface area contributed by atoms with Crippen molar-refractivity contribution in [3.63, 3.8) is 0 Å². The molecule has 33 heavy (non-hydrogen) atoms. The van der Waals surface area contributed by atoms with E-state index in [-0.39, 0.29) is 27.1 Å². The molecule has 2 aliphatic heterocycles. The number of nitrogens with zero attached hydrogens (tertiary/aromatic N) is 1. The van der Waals surface area contributed by atoms with Crippen LogP contribution in [0.25, 0.3) is 0 Å². The molecular formula is C25H31ClN2O4S. The average molecular weight is 491 g/mol. The summed E-state index contributed by atoms with van der Waals surface area (Å²) in [7, 11) is -3.67. The van der Waals surface area contributed by atoms with Gasteiger partial charge >= 0.3 is 0 Å². The summed E-state index contributed by atoms with van der Waals surface area (Å²) in [5, 5.41) is 3.33. The van der Waals surface area contributed by atoms with Gasteiger partial charge in [0.05, 0.1) is 21.5 Å². The molecule has 0 aromatic heterocycles. The maximum atomic E-state index is 13.3. The zero-order valence-corrected chi connectivity index (χ0v) is 20.7. The first kappa shape index (κ1) is 24.0. The predicted octanol–water partition coefficient (Wildman–Crippen LogP) is 5.33. The van der Waals surface area contributed by atoms with Gasteiger partial charge in [-0.2, -0.15) is 4.31 Å². The number of benzene rings is 2. The van der Waals surface area contributed by atoms with E-state index in [4.69, 9.17) is 16.3 Å². The Morgan fingerprint density at radius 2 is 1.82 bits per heavy atom. The molecule has 1 fully saturated rings. The van der Waals surface area contributed by atoms with E-state index in [0.29, 0.717) is 19.5 Å². The van der Waals surface area contributed by atoms with Crippen LogP contribution in [0.5, 0.6) is 5.75 Å². The van der Waals surface area contributed by atoms with Crippen LogP contribution in [-0.2, 0) is 10.0 Å². The molecule has 1 N–H and O–H groups in total. The van der Waals surface area contributed by atoms with Crippen LogP contribution in [0.15, 0.2) is 47.4 Å². The van der Waals surface area contributed by atoms with Gasteiger partial charge in [-0.25, -0.2) is 8.42 Å². The standard InChI is InChI=1S/C25H31ClN2O4S/c1-3-25(4-2)17-22(19-10-6-7-11-23(19)32-25)27-24(29)20-16-18(12-13-21(20)26)33(30,31)28-14-8-5-9-15-28/h6-7,10-13,16,22H,3-5,8-9,14-15,17H2,1-2H3,(H,27,29). The Labute approximate surface area is 201 Å². The fourth-order valence-corrected chi connectivity index (χ4v) is 6.51. The van der Waals surface area contributed by atoms with Gasteiger partial charge in [0, 0.05) is 25.1 Å². The summed E-state index contributed by atoms with van der Waals surface area (Å²) in [5.74, 6) is 0.378. The van der Waals surface area contributed by atoms with Gasteiger partial charge in [-0.3, -0.25) is 4.79 Å². The number of hydrogen-bond donors (Lipinski definition) is 1. The van der Waals surface area contributed by atoms with Crippen molar-refractivity contribution in [2.45, 2.75) is 68.9 Å². The first-order valence-corrected chi connectivity index (χ1v) is 13.5. The molecule has 4 rings (SSSR count). The molecule has 0 spiro atoms. The summed E-state index contributed by atoms with van der Waals surface area (Å²) < 4.78 is 34.1. The van der Waals surface area contributed by atoms with Crippen molar-refractivity contribution in [1.29, 1.82) is 0 Å². The SMILES string of the molecule is CCC1(CC)CC(NC(=O)c2cc(S(=O)(=O)N3CCCCC3)ccc2Cl)c2ccccc2O1. The zero-order chi connectivity index (χ0) is 23.6. The van der Waals surface area contributed by atoms with E-state index < -0.39 is 15.9 Å². The topological polar surface area (TPSA) is 75.7 Å². The van der Waals surface area contributed by atoms with Gasteiger partial charge < -0.3 is 10.1 Å². The van der Waals surface area contributed by atoms with Crippen LogP contribution in [0.1, 0.15) is 74.3 Å². The lowest BCUT2D eigenvalue weighted by Gasteiger charge is -2.41. The number of nitrogens with one attached hydrogen (secondary N) is 1. The van der Waals surface area contributed by atoms with Crippen molar-refractivity contribution >= 4 is 27.5 Å². The minimum atomic E-state index is -3.67. The number of para-hydroxylation sites is 1. The largest absolute Gasteiger partial charge is 0.487 e. The Kier molecular flexibility index (Phi) is 7.03. The normalized spacial score (nSPS) is 20.5. The molecular weight excluding hydrogens is 460 g/mol. The van der Waals surface area contributed by atoms with Crippen LogP contribution in [-0.4, -0.2) is 37.3 Å². The van der Waals surface area contributed by atoms with Crippen molar-refractivity contribution in [1.82, 2.24) is 9.62 Å². The molecule has 1 unspecified atom stereocenters. The second-order valence-corrected chi connectivity index (χ2v) is 11.2. The van der Waals surface area contributed by atoms with E-state index >= 15 is 0 Å². The Hall–Kier alpha value is -2.09. The third kappa shape index (κ3) is 4.77. The number of carbonyl (C=O) groups is 1. The number of hydrogen-bond acceptors (Lipinski definition) is 4. The molecule has 0 aliphatic carbocycles. The van der Waals surface area contributed by atoms with Crippen molar-refractivity contribution < 1.29 is 17.9 Å². The Bertz CT molecular complexity index is 1120. The second kappa shape index (κ2) is 9.65. The summed E-state index contributed by atoms with van der Waals surface area (Å²) in [6.07, 6.45) is 4.99. The molecule has 2 aliphatic rings. The second-order valence-electron chi connectivity index (χ2n) is 8.87. The van der Waals surface area contributed by atoms with Gasteiger partial charge in [0.2, 0.25) is 10.0 Å².